The highest BCUT2D eigenvalue weighted by molar-refractivity contribution is 5.90. The minimum absolute atomic E-state index is 0.0304. The molecule has 1 amide bonds. The molecule has 1 fully saturated rings. The average Bonchev–Trinajstić information content (AvgIpc) is 2.68. The van der Waals surface area contributed by atoms with Crippen molar-refractivity contribution in [3.05, 3.63) is 54.7 Å². The number of carbonyl (C=O) groups is 1. The number of nitrogens with zero attached hydrogens (tertiary/aromatic N) is 3. The standard InChI is InChI=1S/C20H26N4O2/c1-17(25)24(19-9-5-6-11-21-19)15-13-23(14-16-24)12-10-20(26)22-18-7-3-2-4-8-18/h2-9,11,17,25H,10,12-16H2,1H3/p+1. The second-order valence-corrected chi connectivity index (χ2v) is 6.81. The van der Waals surface area contributed by atoms with Crippen LogP contribution in [0.4, 0.5) is 11.5 Å². The molecular formula is C20H27N4O2+. The monoisotopic (exact) mass is 355 g/mol. The minimum Gasteiger partial charge on any atom is -0.345 e. The summed E-state index contributed by atoms with van der Waals surface area (Å²) in [6.07, 6.45) is 1.74. The molecule has 6 heteroatoms. The van der Waals surface area contributed by atoms with Gasteiger partial charge in [-0.3, -0.25) is 9.69 Å². The number of aromatic nitrogens is 1. The van der Waals surface area contributed by atoms with Crippen molar-refractivity contribution in [3.8, 4) is 0 Å². The molecule has 26 heavy (non-hydrogen) atoms. The summed E-state index contributed by atoms with van der Waals surface area (Å²) in [5, 5.41) is 13.3. The first-order valence-corrected chi connectivity index (χ1v) is 9.14. The van der Waals surface area contributed by atoms with E-state index in [1.165, 1.54) is 0 Å². The van der Waals surface area contributed by atoms with Crippen molar-refractivity contribution in [2.24, 2.45) is 0 Å². The van der Waals surface area contributed by atoms with Crippen molar-refractivity contribution in [3.63, 3.8) is 0 Å². The fourth-order valence-corrected chi connectivity index (χ4v) is 3.50. The van der Waals surface area contributed by atoms with E-state index in [0.29, 0.717) is 10.9 Å². The van der Waals surface area contributed by atoms with Gasteiger partial charge in [0.15, 0.2) is 6.23 Å². The molecule has 1 saturated heterocycles. The summed E-state index contributed by atoms with van der Waals surface area (Å²) in [4.78, 5) is 18.9. The molecule has 2 N–H and O–H groups in total. The summed E-state index contributed by atoms with van der Waals surface area (Å²) in [7, 11) is 0. The zero-order chi connectivity index (χ0) is 18.4. The molecule has 1 aromatic carbocycles. The third-order valence-electron chi connectivity index (χ3n) is 5.16. The van der Waals surface area contributed by atoms with Crippen molar-refractivity contribution in [1.29, 1.82) is 0 Å². The number of hydrogen-bond acceptors (Lipinski definition) is 4. The van der Waals surface area contributed by atoms with Crippen molar-refractivity contribution < 1.29 is 9.90 Å². The van der Waals surface area contributed by atoms with Gasteiger partial charge in [-0.15, -0.1) is 0 Å². The number of aliphatic hydroxyl groups is 1. The van der Waals surface area contributed by atoms with Crippen molar-refractivity contribution in [1.82, 2.24) is 14.4 Å². The second kappa shape index (κ2) is 8.40. The van der Waals surface area contributed by atoms with Gasteiger partial charge in [-0.1, -0.05) is 24.3 Å². The Balaban J connectivity index is 1.52. The quantitative estimate of drug-likeness (QED) is 0.779. The van der Waals surface area contributed by atoms with Gasteiger partial charge < -0.3 is 10.4 Å². The fraction of sp³-hybridized carbons (Fsp3) is 0.400. The third kappa shape index (κ3) is 4.27. The first-order valence-electron chi connectivity index (χ1n) is 9.14. The van der Waals surface area contributed by atoms with Crippen LogP contribution < -0.4 is 9.80 Å². The Morgan fingerprint density at radius 1 is 1.19 bits per heavy atom. The van der Waals surface area contributed by atoms with Crippen LogP contribution >= 0.6 is 0 Å². The lowest BCUT2D eigenvalue weighted by Crippen LogP contribution is -2.65. The Labute approximate surface area is 154 Å². The normalized spacial score (nSPS) is 18.2. The molecular weight excluding hydrogens is 328 g/mol. The molecule has 1 aromatic heterocycles. The molecule has 6 nitrogen and oxygen atoms in total. The van der Waals surface area contributed by atoms with E-state index in [4.69, 9.17) is 0 Å². The predicted octanol–water partition coefficient (Wildman–Crippen LogP) is 2.07. The number of carbonyl (C=O) groups excluding carboxylic acids is 1. The molecule has 3 rings (SSSR count). The zero-order valence-electron chi connectivity index (χ0n) is 15.2. The lowest BCUT2D eigenvalue weighted by atomic mass is 10.2. The maximum atomic E-state index is 12.1. The van der Waals surface area contributed by atoms with Gasteiger partial charge >= 0.3 is 0 Å². The predicted molar refractivity (Wildman–Crippen MR) is 104 cm³/mol. The van der Waals surface area contributed by atoms with Crippen LogP contribution in [0.15, 0.2) is 54.7 Å². The van der Waals surface area contributed by atoms with Gasteiger partial charge in [0.25, 0.3) is 0 Å². The van der Waals surface area contributed by atoms with E-state index >= 15 is 0 Å². The molecule has 1 unspecified atom stereocenters. The molecule has 0 saturated carbocycles. The molecule has 1 atom stereocenters. The van der Waals surface area contributed by atoms with Crippen molar-refractivity contribution in [2.75, 3.05) is 38.0 Å². The zero-order valence-corrected chi connectivity index (χ0v) is 15.2. The smallest absolute Gasteiger partial charge is 0.229 e. The number of quaternary nitrogens is 1. The molecule has 1 aliphatic heterocycles. The van der Waals surface area contributed by atoms with E-state index in [1.807, 2.05) is 55.5 Å². The van der Waals surface area contributed by atoms with Gasteiger partial charge in [-0.05, 0) is 18.2 Å². The van der Waals surface area contributed by atoms with E-state index in [0.717, 1.165) is 44.2 Å². The van der Waals surface area contributed by atoms with E-state index in [2.05, 4.69) is 15.2 Å². The van der Waals surface area contributed by atoms with Gasteiger partial charge in [0.1, 0.15) is 0 Å². The van der Waals surface area contributed by atoms with Crippen LogP contribution in [0.3, 0.4) is 0 Å². The lowest BCUT2D eigenvalue weighted by molar-refractivity contribution is -0.116. The number of hydrogen-bond donors (Lipinski definition) is 2. The molecule has 0 bridgehead atoms. The number of para-hydroxylation sites is 1. The molecule has 2 heterocycles. The summed E-state index contributed by atoms with van der Waals surface area (Å²) in [6, 6.07) is 15.4. The average molecular weight is 355 g/mol. The topological polar surface area (TPSA) is 65.5 Å². The maximum absolute atomic E-state index is 12.1. The molecule has 0 spiro atoms. The highest BCUT2D eigenvalue weighted by Gasteiger charge is 2.40. The first kappa shape index (κ1) is 18.5. The van der Waals surface area contributed by atoms with E-state index in [-0.39, 0.29) is 5.91 Å². The number of amides is 1. The van der Waals surface area contributed by atoms with Gasteiger partial charge in [-0.25, -0.2) is 9.47 Å². The minimum atomic E-state index is -0.506. The Morgan fingerprint density at radius 3 is 2.50 bits per heavy atom. The van der Waals surface area contributed by atoms with Gasteiger partial charge in [0.2, 0.25) is 11.7 Å². The number of rotatable bonds is 6. The second-order valence-electron chi connectivity index (χ2n) is 6.81. The summed E-state index contributed by atoms with van der Waals surface area (Å²) >= 11 is 0. The SMILES string of the molecule is CC(O)[N+]1(c2ccccn2)CCN(CCC(=O)Nc2ccccc2)CC1. The molecule has 0 radical (unpaired) electrons. The number of anilines is 1. The van der Waals surface area contributed by atoms with Crippen LogP contribution in [0, 0.1) is 0 Å². The van der Waals surface area contributed by atoms with Crippen LogP contribution in [0.25, 0.3) is 0 Å². The Morgan fingerprint density at radius 2 is 1.88 bits per heavy atom. The fourth-order valence-electron chi connectivity index (χ4n) is 3.50. The summed E-state index contributed by atoms with van der Waals surface area (Å²) in [5.41, 5.74) is 0.830. The highest BCUT2D eigenvalue weighted by Crippen LogP contribution is 2.25. The van der Waals surface area contributed by atoms with Crippen molar-refractivity contribution in [2.45, 2.75) is 19.6 Å². The van der Waals surface area contributed by atoms with Crippen LogP contribution in [-0.4, -0.2) is 59.8 Å². The number of aliphatic hydroxyl groups excluding tert-OH is 1. The van der Waals surface area contributed by atoms with Gasteiger partial charge in [0, 0.05) is 50.9 Å². The molecule has 138 valence electrons. The largest absolute Gasteiger partial charge is 0.345 e. The highest BCUT2D eigenvalue weighted by atomic mass is 16.3. The summed E-state index contributed by atoms with van der Waals surface area (Å²) in [6.45, 7) is 5.79. The Bertz CT molecular complexity index is 698. The van der Waals surface area contributed by atoms with Crippen LogP contribution in [0.2, 0.25) is 0 Å². The first-order chi connectivity index (χ1) is 12.6. The lowest BCUT2D eigenvalue weighted by Gasteiger charge is -2.45. The number of piperazine rings is 1. The van der Waals surface area contributed by atoms with Crippen LogP contribution in [-0.2, 0) is 4.79 Å². The van der Waals surface area contributed by atoms with E-state index in [9.17, 15) is 9.90 Å². The summed E-state index contributed by atoms with van der Waals surface area (Å²) < 4.78 is 0.480. The summed E-state index contributed by atoms with van der Waals surface area (Å²) in [5.74, 6) is 0.937. The number of benzene rings is 1. The third-order valence-corrected chi connectivity index (χ3v) is 5.16. The van der Waals surface area contributed by atoms with Crippen LogP contribution in [0.1, 0.15) is 13.3 Å². The van der Waals surface area contributed by atoms with E-state index < -0.39 is 6.23 Å². The van der Waals surface area contributed by atoms with Crippen LogP contribution in [0.5, 0.6) is 0 Å². The molecule has 2 aromatic rings. The van der Waals surface area contributed by atoms with Gasteiger partial charge in [-0.2, -0.15) is 0 Å². The van der Waals surface area contributed by atoms with E-state index in [1.54, 1.807) is 6.20 Å². The number of nitrogens with one attached hydrogen (secondary N) is 1. The van der Waals surface area contributed by atoms with Gasteiger partial charge in [0.05, 0.1) is 13.1 Å². The number of pyridine rings is 1. The maximum Gasteiger partial charge on any atom is 0.229 e. The molecule has 0 aliphatic carbocycles. The van der Waals surface area contributed by atoms with Crippen molar-refractivity contribution >= 4 is 17.4 Å². The Kier molecular flexibility index (Phi) is 5.98. The molecule has 1 aliphatic rings. The Hall–Kier alpha value is -2.28.